The van der Waals surface area contributed by atoms with Gasteiger partial charge in [0.1, 0.15) is 0 Å². The van der Waals surface area contributed by atoms with Gasteiger partial charge in [-0.15, -0.1) is 0 Å². The minimum Gasteiger partial charge on any atom is -0.312 e. The number of halogens is 3. The van der Waals surface area contributed by atoms with Gasteiger partial charge in [-0.2, -0.15) is 13.2 Å². The maximum atomic E-state index is 11.9. The van der Waals surface area contributed by atoms with Gasteiger partial charge in [-0.05, 0) is 30.2 Å². The highest BCUT2D eigenvalue weighted by Gasteiger charge is 2.28. The van der Waals surface area contributed by atoms with Crippen LogP contribution in [0.2, 0.25) is 0 Å². The van der Waals surface area contributed by atoms with Gasteiger partial charge in [0.15, 0.2) is 6.61 Å². The molecule has 1 amide bonds. The van der Waals surface area contributed by atoms with Gasteiger partial charge < -0.3 is 5.32 Å². The standard InChI is InChI=1S/C12H13F3N2O2/c13-12(14,15)7-19-17-11(18)10-3-1-2-8-6-16-5-4-9(8)10/h1-3,16H,4-7H2,(H,17,18). The zero-order valence-electron chi connectivity index (χ0n) is 10.0. The summed E-state index contributed by atoms with van der Waals surface area (Å²) in [5.41, 5.74) is 4.03. The Morgan fingerprint density at radius 1 is 1.42 bits per heavy atom. The third kappa shape index (κ3) is 3.68. The highest BCUT2D eigenvalue weighted by atomic mass is 19.4. The van der Waals surface area contributed by atoms with Crippen LogP contribution in [0.4, 0.5) is 13.2 Å². The minimum absolute atomic E-state index is 0.362. The van der Waals surface area contributed by atoms with Crippen molar-refractivity contribution in [2.75, 3.05) is 13.2 Å². The molecule has 1 heterocycles. The van der Waals surface area contributed by atoms with Crippen LogP contribution < -0.4 is 10.8 Å². The average Bonchev–Trinajstić information content (AvgIpc) is 2.36. The van der Waals surface area contributed by atoms with E-state index >= 15 is 0 Å². The van der Waals surface area contributed by atoms with Crippen LogP contribution in [-0.4, -0.2) is 25.2 Å². The first-order chi connectivity index (χ1) is 8.97. The number of carbonyl (C=O) groups excluding carboxylic acids is 1. The Morgan fingerprint density at radius 3 is 2.95 bits per heavy atom. The highest BCUT2D eigenvalue weighted by Crippen LogP contribution is 2.19. The number of nitrogens with one attached hydrogen (secondary N) is 2. The van der Waals surface area contributed by atoms with E-state index in [-0.39, 0.29) is 0 Å². The van der Waals surface area contributed by atoms with E-state index in [1.165, 1.54) is 0 Å². The van der Waals surface area contributed by atoms with Crippen molar-refractivity contribution >= 4 is 5.91 Å². The van der Waals surface area contributed by atoms with Gasteiger partial charge in [0.05, 0.1) is 0 Å². The molecule has 2 rings (SSSR count). The molecular formula is C12H13F3N2O2. The molecule has 0 radical (unpaired) electrons. The van der Waals surface area contributed by atoms with Crippen LogP contribution in [0, 0.1) is 0 Å². The molecule has 0 fully saturated rings. The van der Waals surface area contributed by atoms with E-state index < -0.39 is 18.7 Å². The van der Waals surface area contributed by atoms with Crippen LogP contribution in [0.5, 0.6) is 0 Å². The van der Waals surface area contributed by atoms with Crippen LogP contribution in [0.1, 0.15) is 21.5 Å². The van der Waals surface area contributed by atoms with Crippen LogP contribution in [0.25, 0.3) is 0 Å². The number of carbonyl (C=O) groups is 1. The highest BCUT2D eigenvalue weighted by molar-refractivity contribution is 5.95. The molecule has 0 aliphatic carbocycles. The molecule has 0 unspecified atom stereocenters. The molecule has 0 atom stereocenters. The molecular weight excluding hydrogens is 261 g/mol. The second kappa shape index (κ2) is 5.58. The second-order valence-electron chi connectivity index (χ2n) is 4.21. The maximum absolute atomic E-state index is 11.9. The van der Waals surface area contributed by atoms with Gasteiger partial charge in [0.25, 0.3) is 5.91 Å². The summed E-state index contributed by atoms with van der Waals surface area (Å²) >= 11 is 0. The summed E-state index contributed by atoms with van der Waals surface area (Å²) in [6, 6.07) is 5.16. The molecule has 0 saturated heterocycles. The fraction of sp³-hybridized carbons (Fsp3) is 0.417. The number of benzene rings is 1. The maximum Gasteiger partial charge on any atom is 0.414 e. The SMILES string of the molecule is O=C(NOCC(F)(F)F)c1cccc2c1CCNC2. The molecule has 19 heavy (non-hydrogen) atoms. The summed E-state index contributed by atoms with van der Waals surface area (Å²) in [5, 5.41) is 3.16. The zero-order chi connectivity index (χ0) is 13.9. The second-order valence-corrected chi connectivity index (χ2v) is 4.21. The Kier molecular flexibility index (Phi) is 4.06. The van der Waals surface area contributed by atoms with Crippen LogP contribution in [0.3, 0.4) is 0 Å². The van der Waals surface area contributed by atoms with E-state index in [1.807, 2.05) is 11.5 Å². The fourth-order valence-corrected chi connectivity index (χ4v) is 1.98. The molecule has 0 saturated carbocycles. The van der Waals surface area contributed by atoms with Crippen molar-refractivity contribution in [3.8, 4) is 0 Å². The molecule has 2 N–H and O–H groups in total. The summed E-state index contributed by atoms with van der Waals surface area (Å²) in [7, 11) is 0. The minimum atomic E-state index is -4.46. The molecule has 1 aliphatic heterocycles. The van der Waals surface area contributed by atoms with E-state index in [4.69, 9.17) is 0 Å². The quantitative estimate of drug-likeness (QED) is 0.822. The van der Waals surface area contributed by atoms with Gasteiger partial charge in [-0.3, -0.25) is 9.63 Å². The molecule has 1 aromatic rings. The Labute approximate surface area is 107 Å². The zero-order valence-corrected chi connectivity index (χ0v) is 10.0. The molecule has 0 bridgehead atoms. The number of rotatable bonds is 3. The summed E-state index contributed by atoms with van der Waals surface area (Å²) < 4.78 is 35.7. The average molecular weight is 274 g/mol. The Bertz CT molecular complexity index is 475. The molecule has 0 aromatic heterocycles. The molecule has 1 aliphatic rings. The number of alkyl halides is 3. The van der Waals surface area contributed by atoms with E-state index in [2.05, 4.69) is 10.2 Å². The van der Waals surface area contributed by atoms with Crippen molar-refractivity contribution in [3.05, 3.63) is 34.9 Å². The van der Waals surface area contributed by atoms with Crippen molar-refractivity contribution in [2.45, 2.75) is 19.1 Å². The van der Waals surface area contributed by atoms with Gasteiger partial charge in [0.2, 0.25) is 0 Å². The summed E-state index contributed by atoms with van der Waals surface area (Å²) in [4.78, 5) is 15.9. The first kappa shape index (κ1) is 13.8. The largest absolute Gasteiger partial charge is 0.414 e. The predicted octanol–water partition coefficient (Wildman–Crippen LogP) is 1.56. The summed E-state index contributed by atoms with van der Waals surface area (Å²) in [6.45, 7) is -0.115. The summed E-state index contributed by atoms with van der Waals surface area (Å²) in [6.07, 6.45) is -3.80. The normalized spacial score (nSPS) is 14.9. The van der Waals surface area contributed by atoms with Crippen molar-refractivity contribution in [2.24, 2.45) is 0 Å². The lowest BCUT2D eigenvalue weighted by atomic mass is 9.95. The third-order valence-corrected chi connectivity index (χ3v) is 2.79. The number of hydroxylamine groups is 1. The Balaban J connectivity index is 2.03. The lowest BCUT2D eigenvalue weighted by molar-refractivity contribution is -0.184. The van der Waals surface area contributed by atoms with Gasteiger partial charge in [-0.25, -0.2) is 5.48 Å². The third-order valence-electron chi connectivity index (χ3n) is 2.79. The Hall–Kier alpha value is -1.60. The van der Waals surface area contributed by atoms with Crippen molar-refractivity contribution in [3.63, 3.8) is 0 Å². The van der Waals surface area contributed by atoms with Crippen LogP contribution >= 0.6 is 0 Å². The molecule has 4 nitrogen and oxygen atoms in total. The first-order valence-corrected chi connectivity index (χ1v) is 5.78. The number of fused-ring (bicyclic) bond motifs is 1. The van der Waals surface area contributed by atoms with E-state index in [1.54, 1.807) is 12.1 Å². The smallest absolute Gasteiger partial charge is 0.312 e. The monoisotopic (exact) mass is 274 g/mol. The molecule has 104 valence electrons. The topological polar surface area (TPSA) is 50.4 Å². The van der Waals surface area contributed by atoms with E-state index in [9.17, 15) is 18.0 Å². The van der Waals surface area contributed by atoms with Crippen molar-refractivity contribution in [1.82, 2.24) is 10.8 Å². The van der Waals surface area contributed by atoms with Crippen molar-refractivity contribution in [1.29, 1.82) is 0 Å². The number of hydrogen-bond acceptors (Lipinski definition) is 3. The van der Waals surface area contributed by atoms with E-state index in [0.29, 0.717) is 18.5 Å². The van der Waals surface area contributed by atoms with Gasteiger partial charge >= 0.3 is 6.18 Å². The van der Waals surface area contributed by atoms with Gasteiger partial charge in [0, 0.05) is 12.1 Å². The van der Waals surface area contributed by atoms with Crippen LogP contribution in [-0.2, 0) is 17.8 Å². The predicted molar refractivity (Wildman–Crippen MR) is 61.3 cm³/mol. The van der Waals surface area contributed by atoms with E-state index in [0.717, 1.165) is 17.7 Å². The van der Waals surface area contributed by atoms with Crippen molar-refractivity contribution < 1.29 is 22.8 Å². The van der Waals surface area contributed by atoms with Crippen LogP contribution in [0.15, 0.2) is 18.2 Å². The Morgan fingerprint density at radius 2 is 2.21 bits per heavy atom. The lowest BCUT2D eigenvalue weighted by Crippen LogP contribution is -2.32. The molecule has 7 heteroatoms. The number of hydrogen-bond donors (Lipinski definition) is 2. The molecule has 0 spiro atoms. The fourth-order valence-electron chi connectivity index (χ4n) is 1.98. The van der Waals surface area contributed by atoms with Gasteiger partial charge in [-0.1, -0.05) is 12.1 Å². The summed E-state index contributed by atoms with van der Waals surface area (Å²) in [5.74, 6) is -0.650. The first-order valence-electron chi connectivity index (χ1n) is 5.78. The lowest BCUT2D eigenvalue weighted by Gasteiger charge is -2.19. The number of amides is 1. The molecule has 1 aromatic carbocycles.